The summed E-state index contributed by atoms with van der Waals surface area (Å²) in [7, 11) is 0. The first-order valence-electron chi connectivity index (χ1n) is 8.23. The first kappa shape index (κ1) is 15.6. The van der Waals surface area contributed by atoms with E-state index in [2.05, 4.69) is 35.2 Å². The summed E-state index contributed by atoms with van der Waals surface area (Å²) in [6.07, 6.45) is 4.52. The number of furan rings is 1. The second kappa shape index (κ2) is 5.97. The molecule has 0 saturated heterocycles. The van der Waals surface area contributed by atoms with Gasteiger partial charge in [0.25, 0.3) is 0 Å². The van der Waals surface area contributed by atoms with Gasteiger partial charge in [0.15, 0.2) is 0 Å². The second-order valence-corrected chi connectivity index (χ2v) is 7.77. The summed E-state index contributed by atoms with van der Waals surface area (Å²) >= 11 is 7.55. The van der Waals surface area contributed by atoms with Crippen molar-refractivity contribution in [2.45, 2.75) is 13.3 Å². The number of nitrogens with zero attached hydrogens (tertiary/aromatic N) is 3. The van der Waals surface area contributed by atoms with Gasteiger partial charge in [-0.25, -0.2) is 9.50 Å². The number of halogens is 1. The molecule has 0 aliphatic carbocycles. The van der Waals surface area contributed by atoms with Crippen LogP contribution in [0, 0.1) is 6.92 Å². The van der Waals surface area contributed by atoms with Crippen molar-refractivity contribution in [3.8, 4) is 11.3 Å². The fourth-order valence-electron chi connectivity index (χ4n) is 3.06. The van der Waals surface area contributed by atoms with E-state index in [1.54, 1.807) is 11.3 Å². The van der Waals surface area contributed by atoms with E-state index in [9.17, 15) is 0 Å². The van der Waals surface area contributed by atoms with Crippen LogP contribution in [-0.2, 0) is 6.42 Å². The SMILES string of the molecule is Cc1ccc2c(Cc3nn4cc(-c5ccc(Cl)cc5)nc4s3)coc2c1. The lowest BCUT2D eigenvalue weighted by Gasteiger charge is -1.96. The van der Waals surface area contributed by atoms with Gasteiger partial charge in [-0.2, -0.15) is 5.10 Å². The molecule has 0 unspecified atom stereocenters. The van der Waals surface area contributed by atoms with Gasteiger partial charge in [0.1, 0.15) is 10.6 Å². The van der Waals surface area contributed by atoms with Gasteiger partial charge in [-0.1, -0.05) is 47.2 Å². The van der Waals surface area contributed by atoms with Crippen molar-refractivity contribution < 1.29 is 4.42 Å². The Morgan fingerprint density at radius 2 is 2.00 bits per heavy atom. The molecule has 5 rings (SSSR count). The molecule has 0 radical (unpaired) electrons. The fraction of sp³-hybridized carbons (Fsp3) is 0.100. The molecule has 0 bridgehead atoms. The molecule has 0 aliphatic rings. The Kier molecular flexibility index (Phi) is 3.58. The lowest BCUT2D eigenvalue weighted by atomic mass is 10.1. The zero-order valence-corrected chi connectivity index (χ0v) is 15.5. The van der Waals surface area contributed by atoms with Gasteiger partial charge in [0.05, 0.1) is 18.2 Å². The first-order valence-corrected chi connectivity index (χ1v) is 9.43. The second-order valence-electron chi connectivity index (χ2n) is 6.29. The van der Waals surface area contributed by atoms with Crippen LogP contribution in [0.25, 0.3) is 27.2 Å². The van der Waals surface area contributed by atoms with Crippen LogP contribution in [0.15, 0.2) is 59.3 Å². The number of aryl methyl sites for hydroxylation is 1. The van der Waals surface area contributed by atoms with E-state index in [-0.39, 0.29) is 0 Å². The van der Waals surface area contributed by atoms with Crippen LogP contribution in [0.3, 0.4) is 0 Å². The molecular weight excluding hydrogens is 366 g/mol. The van der Waals surface area contributed by atoms with E-state index in [0.29, 0.717) is 0 Å². The van der Waals surface area contributed by atoms with Crippen molar-refractivity contribution in [2.24, 2.45) is 0 Å². The monoisotopic (exact) mass is 379 g/mol. The van der Waals surface area contributed by atoms with E-state index in [4.69, 9.17) is 16.0 Å². The Morgan fingerprint density at radius 3 is 2.81 bits per heavy atom. The highest BCUT2D eigenvalue weighted by Crippen LogP contribution is 2.28. The van der Waals surface area contributed by atoms with Gasteiger partial charge in [0.2, 0.25) is 4.96 Å². The smallest absolute Gasteiger partial charge is 0.212 e. The van der Waals surface area contributed by atoms with Crippen molar-refractivity contribution in [3.63, 3.8) is 0 Å². The third-order valence-corrected chi connectivity index (χ3v) is 5.55. The zero-order chi connectivity index (χ0) is 17.7. The number of hydrogen-bond acceptors (Lipinski definition) is 4. The summed E-state index contributed by atoms with van der Waals surface area (Å²) < 4.78 is 7.53. The van der Waals surface area contributed by atoms with Gasteiger partial charge >= 0.3 is 0 Å². The Hall–Kier alpha value is -2.63. The summed E-state index contributed by atoms with van der Waals surface area (Å²) in [5.74, 6) is 0. The molecule has 3 aromatic heterocycles. The molecule has 6 heteroatoms. The molecule has 2 aromatic carbocycles. The number of fused-ring (bicyclic) bond motifs is 2. The van der Waals surface area contributed by atoms with E-state index in [1.165, 1.54) is 5.56 Å². The number of rotatable bonds is 3. The predicted molar refractivity (Wildman–Crippen MR) is 105 cm³/mol. The summed E-state index contributed by atoms with van der Waals surface area (Å²) in [4.78, 5) is 5.57. The molecule has 128 valence electrons. The van der Waals surface area contributed by atoms with Crippen molar-refractivity contribution in [1.29, 1.82) is 0 Å². The molecule has 0 saturated carbocycles. The lowest BCUT2D eigenvalue weighted by molar-refractivity contribution is 0.611. The summed E-state index contributed by atoms with van der Waals surface area (Å²) in [6.45, 7) is 2.07. The predicted octanol–water partition coefficient (Wildman–Crippen LogP) is 5.76. The standard InChI is InChI=1S/C20H14ClN3OS/c1-12-2-7-16-14(11-25-18(16)8-12)9-19-23-24-10-17(22-20(24)26-19)13-3-5-15(21)6-4-13/h2-8,10-11H,9H2,1H3. The van der Waals surface area contributed by atoms with Crippen molar-refractivity contribution in [1.82, 2.24) is 14.6 Å². The van der Waals surface area contributed by atoms with Crippen LogP contribution in [0.1, 0.15) is 16.1 Å². The maximum atomic E-state index is 5.95. The zero-order valence-electron chi connectivity index (χ0n) is 13.9. The summed E-state index contributed by atoms with van der Waals surface area (Å²) in [5, 5.41) is 7.56. The molecule has 0 aliphatic heterocycles. The quantitative estimate of drug-likeness (QED) is 0.400. The van der Waals surface area contributed by atoms with Gasteiger partial charge in [-0.05, 0) is 30.7 Å². The van der Waals surface area contributed by atoms with Crippen LogP contribution < -0.4 is 0 Å². The van der Waals surface area contributed by atoms with E-state index in [0.717, 1.165) is 49.2 Å². The largest absolute Gasteiger partial charge is 0.464 e. The lowest BCUT2D eigenvalue weighted by Crippen LogP contribution is -1.88. The minimum absolute atomic E-state index is 0.720. The molecule has 0 amide bonds. The average molecular weight is 380 g/mol. The van der Waals surface area contributed by atoms with Crippen LogP contribution in [0.2, 0.25) is 5.02 Å². The minimum atomic E-state index is 0.720. The van der Waals surface area contributed by atoms with Gasteiger partial charge in [0, 0.05) is 28.0 Å². The van der Waals surface area contributed by atoms with Crippen molar-refractivity contribution in [2.75, 3.05) is 0 Å². The van der Waals surface area contributed by atoms with Crippen LogP contribution in [0.5, 0.6) is 0 Å². The topological polar surface area (TPSA) is 43.3 Å². The number of benzene rings is 2. The number of aromatic nitrogens is 3. The molecule has 0 spiro atoms. The van der Waals surface area contributed by atoms with Crippen LogP contribution >= 0.6 is 22.9 Å². The minimum Gasteiger partial charge on any atom is -0.464 e. The first-order chi connectivity index (χ1) is 12.7. The Labute approximate surface area is 158 Å². The molecule has 0 fully saturated rings. The highest BCUT2D eigenvalue weighted by molar-refractivity contribution is 7.16. The van der Waals surface area contributed by atoms with E-state index >= 15 is 0 Å². The van der Waals surface area contributed by atoms with Gasteiger partial charge < -0.3 is 4.42 Å². The summed E-state index contributed by atoms with van der Waals surface area (Å²) in [6, 6.07) is 14.0. The highest BCUT2D eigenvalue weighted by Gasteiger charge is 2.13. The van der Waals surface area contributed by atoms with Crippen molar-refractivity contribution in [3.05, 3.63) is 76.1 Å². The van der Waals surface area contributed by atoms with Gasteiger partial charge in [-0.15, -0.1) is 0 Å². The average Bonchev–Trinajstić information content (AvgIpc) is 3.29. The maximum absolute atomic E-state index is 5.95. The number of hydrogen-bond donors (Lipinski definition) is 0. The third kappa shape index (κ3) is 2.69. The third-order valence-electron chi connectivity index (χ3n) is 4.38. The Morgan fingerprint density at radius 1 is 1.15 bits per heavy atom. The Balaban J connectivity index is 1.46. The van der Waals surface area contributed by atoms with Gasteiger partial charge in [-0.3, -0.25) is 0 Å². The molecule has 0 atom stereocenters. The Bertz CT molecular complexity index is 1200. The summed E-state index contributed by atoms with van der Waals surface area (Å²) in [5.41, 5.74) is 5.20. The van der Waals surface area contributed by atoms with Crippen LogP contribution in [0.4, 0.5) is 0 Å². The molecule has 4 nitrogen and oxygen atoms in total. The fourth-order valence-corrected chi connectivity index (χ4v) is 4.09. The van der Waals surface area contributed by atoms with E-state index < -0.39 is 0 Å². The van der Waals surface area contributed by atoms with Crippen molar-refractivity contribution >= 4 is 38.9 Å². The normalized spacial score (nSPS) is 11.6. The highest BCUT2D eigenvalue weighted by atomic mass is 35.5. The number of imidazole rings is 1. The molecule has 0 N–H and O–H groups in total. The van der Waals surface area contributed by atoms with Crippen LogP contribution in [-0.4, -0.2) is 14.6 Å². The molecule has 26 heavy (non-hydrogen) atoms. The maximum Gasteiger partial charge on any atom is 0.212 e. The van der Waals surface area contributed by atoms with E-state index in [1.807, 2.05) is 41.2 Å². The molecular formula is C20H14ClN3OS. The molecule has 5 aromatic rings. The molecule has 3 heterocycles.